The van der Waals surface area contributed by atoms with Crippen LogP contribution in [-0.2, 0) is 4.43 Å². The summed E-state index contributed by atoms with van der Waals surface area (Å²) in [5.74, 6) is 0. The van der Waals surface area contributed by atoms with Crippen LogP contribution in [0.3, 0.4) is 0 Å². The summed E-state index contributed by atoms with van der Waals surface area (Å²) >= 11 is 0. The molecule has 0 bridgehead atoms. The third kappa shape index (κ3) is 5.00. The zero-order valence-electron chi connectivity index (χ0n) is 7.52. The van der Waals surface area contributed by atoms with Crippen molar-refractivity contribution in [3.63, 3.8) is 0 Å². The van der Waals surface area contributed by atoms with Crippen molar-refractivity contribution in [1.29, 1.82) is 0 Å². The third-order valence-electron chi connectivity index (χ3n) is 1.92. The fourth-order valence-corrected chi connectivity index (χ4v) is 1.68. The molecule has 0 rings (SSSR count). The van der Waals surface area contributed by atoms with Gasteiger partial charge in [-0.05, 0) is 12.8 Å². The minimum Gasteiger partial charge on any atom is -0.425 e. The van der Waals surface area contributed by atoms with Crippen molar-refractivity contribution < 1.29 is 4.43 Å². The van der Waals surface area contributed by atoms with Crippen molar-refractivity contribution in [3.8, 4) is 0 Å². The van der Waals surface area contributed by atoms with Gasteiger partial charge in [0, 0.05) is 6.10 Å². The van der Waals surface area contributed by atoms with Crippen LogP contribution in [0, 0.1) is 0 Å². The summed E-state index contributed by atoms with van der Waals surface area (Å²) in [4.78, 5) is 0. The summed E-state index contributed by atoms with van der Waals surface area (Å²) in [6.45, 7) is 4.44. The van der Waals surface area contributed by atoms with Gasteiger partial charge in [-0.1, -0.05) is 33.1 Å². The fourth-order valence-electron chi connectivity index (χ4n) is 1.11. The van der Waals surface area contributed by atoms with Crippen molar-refractivity contribution >= 4 is 10.5 Å². The Kier molecular flexibility index (Phi) is 7.41. The third-order valence-corrected chi connectivity index (χ3v) is 2.58. The van der Waals surface area contributed by atoms with Crippen LogP contribution in [0.25, 0.3) is 0 Å². The van der Waals surface area contributed by atoms with Crippen molar-refractivity contribution in [3.05, 3.63) is 0 Å². The highest BCUT2D eigenvalue weighted by Crippen LogP contribution is 2.07. The van der Waals surface area contributed by atoms with Gasteiger partial charge < -0.3 is 4.43 Å². The van der Waals surface area contributed by atoms with Crippen LogP contribution in [0.15, 0.2) is 0 Å². The molecule has 10 heavy (non-hydrogen) atoms. The molecule has 0 spiro atoms. The largest absolute Gasteiger partial charge is 0.425 e. The van der Waals surface area contributed by atoms with Crippen LogP contribution >= 0.6 is 0 Å². The maximum absolute atomic E-state index is 5.38. The van der Waals surface area contributed by atoms with Crippen LogP contribution in [-0.4, -0.2) is 16.6 Å². The minimum absolute atomic E-state index is 0.568. The molecule has 1 atom stereocenters. The van der Waals surface area contributed by atoms with E-state index in [-0.39, 0.29) is 0 Å². The summed E-state index contributed by atoms with van der Waals surface area (Å²) < 4.78 is 5.38. The van der Waals surface area contributed by atoms with E-state index in [0.717, 1.165) is 10.5 Å². The van der Waals surface area contributed by atoms with E-state index in [1.165, 1.54) is 32.1 Å². The van der Waals surface area contributed by atoms with Crippen molar-refractivity contribution in [2.75, 3.05) is 0 Å². The summed E-state index contributed by atoms with van der Waals surface area (Å²) in [5, 5.41) is 0. The summed E-state index contributed by atoms with van der Waals surface area (Å²) in [6.07, 6.45) is 7.05. The van der Waals surface area contributed by atoms with Crippen LogP contribution in [0.2, 0.25) is 0 Å². The molecule has 0 aliphatic rings. The number of hydrogen-bond donors (Lipinski definition) is 0. The maximum Gasteiger partial charge on any atom is 0.146 e. The van der Waals surface area contributed by atoms with Crippen LogP contribution in [0.1, 0.15) is 46.0 Å². The lowest BCUT2D eigenvalue weighted by Crippen LogP contribution is -2.08. The Morgan fingerprint density at radius 1 is 1.30 bits per heavy atom. The average molecular weight is 160 g/mol. The maximum atomic E-state index is 5.38. The topological polar surface area (TPSA) is 9.23 Å². The molecule has 1 unspecified atom stereocenters. The van der Waals surface area contributed by atoms with Gasteiger partial charge in [0.25, 0.3) is 0 Å². The van der Waals surface area contributed by atoms with Gasteiger partial charge in [-0.3, -0.25) is 0 Å². The standard InChI is InChI=1S/C8H20OSi/c1-3-5-6-7-8(4-2)9-10/h8H,3-7H2,1-2,10H3. The van der Waals surface area contributed by atoms with Gasteiger partial charge in [0.05, 0.1) is 0 Å². The molecule has 1 nitrogen and oxygen atoms in total. The lowest BCUT2D eigenvalue weighted by Gasteiger charge is -2.12. The van der Waals surface area contributed by atoms with Crippen molar-refractivity contribution in [2.24, 2.45) is 0 Å². The van der Waals surface area contributed by atoms with Gasteiger partial charge in [0.1, 0.15) is 10.5 Å². The number of rotatable bonds is 6. The van der Waals surface area contributed by atoms with E-state index in [2.05, 4.69) is 13.8 Å². The normalized spacial score (nSPS) is 13.8. The summed E-state index contributed by atoms with van der Waals surface area (Å²) in [5.41, 5.74) is 0. The number of unbranched alkanes of at least 4 members (excludes halogenated alkanes) is 2. The summed E-state index contributed by atoms with van der Waals surface area (Å²) in [6, 6.07) is 0. The Bertz CT molecular complexity index is 62.3. The Labute approximate surface area is 67.7 Å². The smallest absolute Gasteiger partial charge is 0.146 e. The molecule has 2 heteroatoms. The zero-order chi connectivity index (χ0) is 7.82. The van der Waals surface area contributed by atoms with Gasteiger partial charge in [-0.25, -0.2) is 0 Å². The molecule has 0 saturated carbocycles. The predicted molar refractivity (Wildman–Crippen MR) is 49.2 cm³/mol. The van der Waals surface area contributed by atoms with Gasteiger partial charge in [0.2, 0.25) is 0 Å². The van der Waals surface area contributed by atoms with Crippen LogP contribution < -0.4 is 0 Å². The second-order valence-electron chi connectivity index (χ2n) is 2.76. The Morgan fingerprint density at radius 2 is 2.00 bits per heavy atom. The van der Waals surface area contributed by atoms with E-state index in [1.807, 2.05) is 0 Å². The Morgan fingerprint density at radius 3 is 2.40 bits per heavy atom. The predicted octanol–water partition coefficient (Wildman–Crippen LogP) is 1.64. The Balaban J connectivity index is 3.09. The van der Waals surface area contributed by atoms with E-state index in [4.69, 9.17) is 4.43 Å². The van der Waals surface area contributed by atoms with Gasteiger partial charge >= 0.3 is 0 Å². The molecule has 0 aromatic heterocycles. The van der Waals surface area contributed by atoms with E-state index in [0.29, 0.717) is 6.10 Å². The van der Waals surface area contributed by atoms with E-state index >= 15 is 0 Å². The first-order valence-corrected chi connectivity index (χ1v) is 5.19. The molecule has 0 radical (unpaired) electrons. The highest BCUT2D eigenvalue weighted by molar-refractivity contribution is 5.98. The first kappa shape index (κ1) is 10.2. The zero-order valence-corrected chi connectivity index (χ0v) is 9.52. The second-order valence-corrected chi connectivity index (χ2v) is 3.23. The first-order valence-electron chi connectivity index (χ1n) is 4.37. The molecule has 0 aliphatic heterocycles. The van der Waals surface area contributed by atoms with Crippen LogP contribution in [0.4, 0.5) is 0 Å². The molecule has 0 aliphatic carbocycles. The highest BCUT2D eigenvalue weighted by Gasteiger charge is 2.00. The lowest BCUT2D eigenvalue weighted by molar-refractivity contribution is 0.200. The average Bonchev–Trinajstić information content (AvgIpc) is 1.99. The van der Waals surface area contributed by atoms with Gasteiger partial charge in [-0.2, -0.15) is 0 Å². The van der Waals surface area contributed by atoms with E-state index in [1.54, 1.807) is 0 Å². The minimum atomic E-state index is 0.568. The lowest BCUT2D eigenvalue weighted by atomic mass is 10.1. The molecule has 0 N–H and O–H groups in total. The molecular formula is C8H20OSi. The quantitative estimate of drug-likeness (QED) is 0.424. The molecule has 0 fully saturated rings. The van der Waals surface area contributed by atoms with Crippen molar-refractivity contribution in [1.82, 2.24) is 0 Å². The van der Waals surface area contributed by atoms with Crippen molar-refractivity contribution in [2.45, 2.75) is 52.1 Å². The van der Waals surface area contributed by atoms with Crippen LogP contribution in [0.5, 0.6) is 0 Å². The first-order chi connectivity index (χ1) is 4.85. The molecule has 62 valence electrons. The fraction of sp³-hybridized carbons (Fsp3) is 1.00. The SMILES string of the molecule is CCCCCC(CC)O[SiH3]. The molecule has 0 saturated heterocycles. The van der Waals surface area contributed by atoms with Gasteiger partial charge in [0.15, 0.2) is 0 Å². The molecule has 0 aromatic rings. The van der Waals surface area contributed by atoms with E-state index < -0.39 is 0 Å². The summed E-state index contributed by atoms with van der Waals surface area (Å²) in [7, 11) is 0.900. The monoisotopic (exact) mass is 160 g/mol. The van der Waals surface area contributed by atoms with E-state index in [9.17, 15) is 0 Å². The molecule has 0 heterocycles. The second kappa shape index (κ2) is 7.29. The molecular weight excluding hydrogens is 140 g/mol. The Hall–Kier alpha value is 0.177. The number of hydrogen-bond acceptors (Lipinski definition) is 1. The molecule has 0 aromatic carbocycles. The van der Waals surface area contributed by atoms with Gasteiger partial charge in [-0.15, -0.1) is 0 Å². The highest BCUT2D eigenvalue weighted by atomic mass is 28.2. The molecule has 0 amide bonds.